The van der Waals surface area contributed by atoms with Crippen LogP contribution in [0.25, 0.3) is 10.4 Å². The first-order valence-corrected chi connectivity index (χ1v) is 7.51. The Balaban J connectivity index is 2.38. The van der Waals surface area contributed by atoms with Crippen molar-refractivity contribution in [1.82, 2.24) is 9.97 Å². The number of hydroxylamine groups is 1. The highest BCUT2D eigenvalue weighted by atomic mass is 32.1. The van der Waals surface area contributed by atoms with Gasteiger partial charge < -0.3 is 9.57 Å². The maximum atomic E-state index is 12.4. The molecule has 0 unspecified atom stereocenters. The van der Waals surface area contributed by atoms with Crippen molar-refractivity contribution in [3.8, 4) is 16.2 Å². The minimum absolute atomic E-state index is 0.208. The van der Waals surface area contributed by atoms with Gasteiger partial charge >= 0.3 is 12.1 Å². The molecule has 0 aromatic carbocycles. The Bertz CT molecular complexity index is 807. The quantitative estimate of drug-likeness (QED) is 0.768. The van der Waals surface area contributed by atoms with Crippen molar-refractivity contribution < 1.29 is 32.3 Å². The zero-order valence-corrected chi connectivity index (χ0v) is 14.1. The second-order valence-corrected chi connectivity index (χ2v) is 5.69. The normalized spacial score (nSPS) is 11.1. The fraction of sp³-hybridized carbons (Fsp3) is 0.286. The third kappa shape index (κ3) is 4.24. The Morgan fingerprint density at radius 2 is 1.96 bits per heavy atom. The molecule has 0 atom stereocenters. The van der Waals surface area contributed by atoms with Crippen LogP contribution in [-0.2, 0) is 14.4 Å². The number of alkyl halides is 3. The van der Waals surface area contributed by atoms with Crippen LogP contribution in [0.15, 0.2) is 18.5 Å². The Hall–Kier alpha value is -2.69. The zero-order chi connectivity index (χ0) is 18.8. The molecule has 0 aliphatic carbocycles. The van der Waals surface area contributed by atoms with Gasteiger partial charge in [-0.2, -0.15) is 13.2 Å². The summed E-state index contributed by atoms with van der Waals surface area (Å²) in [5.41, 5.74) is 1.01. The van der Waals surface area contributed by atoms with Crippen LogP contribution in [-0.4, -0.2) is 35.1 Å². The number of carbonyl (C=O) groups excluding carboxylic acids is 2. The largest absolute Gasteiger partial charge is 0.495 e. The number of amides is 1. The molecule has 134 valence electrons. The van der Waals surface area contributed by atoms with Crippen molar-refractivity contribution in [1.29, 1.82) is 0 Å². The third-order valence-electron chi connectivity index (χ3n) is 2.86. The number of nitrogens with zero attached hydrogens (tertiary/aromatic N) is 3. The molecule has 0 aliphatic rings. The smallest absolute Gasteiger partial charge is 0.493 e. The van der Waals surface area contributed by atoms with E-state index >= 15 is 0 Å². The van der Waals surface area contributed by atoms with Gasteiger partial charge in [-0.3, -0.25) is 9.78 Å². The molecule has 0 saturated carbocycles. The van der Waals surface area contributed by atoms with Crippen LogP contribution in [0.2, 0.25) is 0 Å². The van der Waals surface area contributed by atoms with E-state index in [0.29, 0.717) is 21.9 Å². The minimum Gasteiger partial charge on any atom is -0.495 e. The Morgan fingerprint density at radius 3 is 2.52 bits per heavy atom. The standard InChI is InChI=1S/C14H12F3N3O4S/c1-7-11(9-4-10(23-3)6-18-5-9)25-13(19-7)20(8(2)21)24-12(22)14(15,16)17/h4-6H,1-3H3. The van der Waals surface area contributed by atoms with Crippen molar-refractivity contribution in [3.63, 3.8) is 0 Å². The first-order valence-electron chi connectivity index (χ1n) is 6.70. The van der Waals surface area contributed by atoms with Crippen LogP contribution >= 0.6 is 11.3 Å². The number of aromatic nitrogens is 2. The first-order chi connectivity index (χ1) is 11.6. The van der Waals surface area contributed by atoms with Gasteiger partial charge in [0.2, 0.25) is 5.13 Å². The number of hydrogen-bond donors (Lipinski definition) is 0. The average molecular weight is 375 g/mol. The number of carbonyl (C=O) groups is 2. The van der Waals surface area contributed by atoms with E-state index in [0.717, 1.165) is 18.3 Å². The van der Waals surface area contributed by atoms with E-state index in [1.807, 2.05) is 0 Å². The van der Waals surface area contributed by atoms with Crippen LogP contribution in [0.5, 0.6) is 5.75 Å². The number of anilines is 1. The highest BCUT2D eigenvalue weighted by Gasteiger charge is 2.43. The fourth-order valence-corrected chi connectivity index (χ4v) is 2.80. The summed E-state index contributed by atoms with van der Waals surface area (Å²) in [6.45, 7) is 2.55. The highest BCUT2D eigenvalue weighted by Crippen LogP contribution is 2.36. The van der Waals surface area contributed by atoms with Crippen molar-refractivity contribution in [2.75, 3.05) is 12.2 Å². The average Bonchev–Trinajstić information content (AvgIpc) is 2.92. The minimum atomic E-state index is -5.24. The second kappa shape index (κ2) is 7.05. The van der Waals surface area contributed by atoms with Crippen molar-refractivity contribution in [3.05, 3.63) is 24.2 Å². The number of rotatable bonds is 3. The number of thiazole rings is 1. The number of aryl methyl sites for hydroxylation is 1. The number of ether oxygens (including phenoxy) is 1. The molecular weight excluding hydrogens is 363 g/mol. The molecule has 11 heteroatoms. The number of hydrogen-bond acceptors (Lipinski definition) is 7. The monoisotopic (exact) mass is 375 g/mol. The summed E-state index contributed by atoms with van der Waals surface area (Å²) in [7, 11) is 1.46. The van der Waals surface area contributed by atoms with Crippen LogP contribution in [0.3, 0.4) is 0 Å². The lowest BCUT2D eigenvalue weighted by Crippen LogP contribution is -2.37. The van der Waals surface area contributed by atoms with Gasteiger partial charge in [-0.25, -0.2) is 9.78 Å². The van der Waals surface area contributed by atoms with Crippen molar-refractivity contribution >= 4 is 28.3 Å². The van der Waals surface area contributed by atoms with Crippen molar-refractivity contribution in [2.24, 2.45) is 0 Å². The van der Waals surface area contributed by atoms with Gasteiger partial charge in [-0.15, -0.1) is 5.06 Å². The lowest BCUT2D eigenvalue weighted by atomic mass is 10.2. The van der Waals surface area contributed by atoms with E-state index in [2.05, 4.69) is 14.8 Å². The van der Waals surface area contributed by atoms with Gasteiger partial charge in [0.25, 0.3) is 5.91 Å². The summed E-state index contributed by atoms with van der Waals surface area (Å²) in [4.78, 5) is 35.3. The van der Waals surface area contributed by atoms with Crippen LogP contribution in [0, 0.1) is 6.92 Å². The summed E-state index contributed by atoms with van der Waals surface area (Å²) >= 11 is 0.875. The van der Waals surface area contributed by atoms with Gasteiger partial charge in [0.1, 0.15) is 5.75 Å². The SMILES string of the molecule is COc1cncc(-c2sc(N(OC(=O)C(F)(F)F)C(C)=O)nc2C)c1. The van der Waals surface area contributed by atoms with Gasteiger partial charge in [-0.05, 0) is 13.0 Å². The maximum absolute atomic E-state index is 12.4. The Labute approximate surface area is 144 Å². The summed E-state index contributed by atoms with van der Waals surface area (Å²) in [5.74, 6) is -2.97. The van der Waals surface area contributed by atoms with E-state index in [9.17, 15) is 22.8 Å². The van der Waals surface area contributed by atoms with Gasteiger partial charge in [0.05, 0.1) is 23.9 Å². The molecule has 2 aromatic heterocycles. The summed E-state index contributed by atoms with van der Waals surface area (Å²) < 4.78 is 42.2. The Morgan fingerprint density at radius 1 is 1.28 bits per heavy atom. The molecule has 0 bridgehead atoms. The summed E-state index contributed by atoms with van der Waals surface area (Å²) in [6.07, 6.45) is -2.25. The number of pyridine rings is 1. The molecule has 0 radical (unpaired) electrons. The van der Waals surface area contributed by atoms with Crippen molar-refractivity contribution in [2.45, 2.75) is 20.0 Å². The van der Waals surface area contributed by atoms with Gasteiger partial charge in [0.15, 0.2) is 0 Å². The molecule has 0 saturated heterocycles. The Kier molecular flexibility index (Phi) is 5.26. The lowest BCUT2D eigenvalue weighted by Gasteiger charge is -2.16. The second-order valence-electron chi connectivity index (χ2n) is 4.71. The summed E-state index contributed by atoms with van der Waals surface area (Å²) in [6, 6.07) is 1.65. The number of methoxy groups -OCH3 is 1. The molecular formula is C14H12F3N3O4S. The fourth-order valence-electron chi connectivity index (χ4n) is 1.76. The molecule has 2 aromatic rings. The first kappa shape index (κ1) is 18.6. The van der Waals surface area contributed by atoms with Crippen LogP contribution in [0.1, 0.15) is 12.6 Å². The van der Waals surface area contributed by atoms with Crippen LogP contribution in [0.4, 0.5) is 18.3 Å². The molecule has 0 N–H and O–H groups in total. The molecule has 0 spiro atoms. The lowest BCUT2D eigenvalue weighted by molar-refractivity contribution is -0.201. The van der Waals surface area contributed by atoms with E-state index in [1.54, 1.807) is 13.0 Å². The highest BCUT2D eigenvalue weighted by molar-refractivity contribution is 7.19. The topological polar surface area (TPSA) is 81.6 Å². The molecule has 2 rings (SSSR count). The predicted molar refractivity (Wildman–Crippen MR) is 81.9 cm³/mol. The maximum Gasteiger partial charge on any atom is 0.493 e. The zero-order valence-electron chi connectivity index (χ0n) is 13.2. The van der Waals surface area contributed by atoms with E-state index in [1.165, 1.54) is 19.5 Å². The van der Waals surface area contributed by atoms with Gasteiger partial charge in [-0.1, -0.05) is 11.3 Å². The molecule has 0 fully saturated rings. The number of halogens is 3. The van der Waals surface area contributed by atoms with Gasteiger partial charge in [0, 0.05) is 18.7 Å². The molecule has 0 aliphatic heterocycles. The third-order valence-corrected chi connectivity index (χ3v) is 4.04. The molecule has 25 heavy (non-hydrogen) atoms. The molecule has 2 heterocycles. The van der Waals surface area contributed by atoms with Crippen LogP contribution < -0.4 is 9.80 Å². The molecule has 7 nitrogen and oxygen atoms in total. The molecule has 1 amide bonds. The van der Waals surface area contributed by atoms with E-state index in [-0.39, 0.29) is 10.2 Å². The summed E-state index contributed by atoms with van der Waals surface area (Å²) in [5, 5.41) is 0.00494. The predicted octanol–water partition coefficient (Wildman–Crippen LogP) is 2.90. The van der Waals surface area contributed by atoms with E-state index in [4.69, 9.17) is 4.74 Å². The van der Waals surface area contributed by atoms with E-state index < -0.39 is 18.1 Å².